The predicted molar refractivity (Wildman–Crippen MR) is 96.9 cm³/mol. The molecule has 3 aliphatic rings. The summed E-state index contributed by atoms with van der Waals surface area (Å²) in [7, 11) is 3.84. The van der Waals surface area contributed by atoms with E-state index in [4.69, 9.17) is 4.74 Å². The van der Waals surface area contributed by atoms with Crippen LogP contribution < -0.4 is 5.32 Å². The molecule has 2 saturated carbocycles. The topological polar surface area (TPSA) is 36.9 Å². The van der Waals surface area contributed by atoms with Crippen LogP contribution >= 0.6 is 0 Å². The lowest BCUT2D eigenvalue weighted by Gasteiger charge is -2.57. The number of benzene rings is 1. The maximum absolute atomic E-state index is 13.4. The zero-order valence-electron chi connectivity index (χ0n) is 15.2. The number of aliphatic imine (C=N–C) groups is 1. The van der Waals surface area contributed by atoms with Crippen molar-refractivity contribution in [2.24, 2.45) is 16.3 Å². The van der Waals surface area contributed by atoms with Gasteiger partial charge in [0.15, 0.2) is 5.96 Å². The van der Waals surface area contributed by atoms with Crippen molar-refractivity contribution in [2.45, 2.75) is 50.8 Å². The Labute approximate surface area is 149 Å². The highest BCUT2D eigenvalue weighted by molar-refractivity contribution is 5.80. The van der Waals surface area contributed by atoms with E-state index in [0.29, 0.717) is 30.0 Å². The Morgan fingerprint density at radius 2 is 2.20 bits per heavy atom. The molecule has 1 aromatic rings. The minimum absolute atomic E-state index is 0.191. The third kappa shape index (κ3) is 2.82. The molecule has 3 fully saturated rings. The number of guanidine groups is 1. The Bertz CT molecular complexity index is 656. The van der Waals surface area contributed by atoms with Gasteiger partial charge in [-0.3, -0.25) is 4.99 Å². The summed E-state index contributed by atoms with van der Waals surface area (Å²) >= 11 is 0. The van der Waals surface area contributed by atoms with Crippen molar-refractivity contribution < 1.29 is 9.13 Å². The van der Waals surface area contributed by atoms with Crippen molar-refractivity contribution in [3.05, 3.63) is 35.6 Å². The molecule has 3 unspecified atom stereocenters. The van der Waals surface area contributed by atoms with E-state index in [1.54, 1.807) is 12.1 Å². The van der Waals surface area contributed by atoms with Gasteiger partial charge in [0.25, 0.3) is 0 Å². The quantitative estimate of drug-likeness (QED) is 0.675. The number of nitrogens with one attached hydrogen (secondary N) is 1. The first-order valence-corrected chi connectivity index (χ1v) is 9.44. The SMILES string of the molecule is CN=C(NC1C2CCOC2C12CCCC2)N(C)Cc1cccc(F)c1. The molecular formula is C20H28FN3O. The molecule has 1 aromatic carbocycles. The van der Waals surface area contributed by atoms with Gasteiger partial charge >= 0.3 is 0 Å². The van der Waals surface area contributed by atoms with Gasteiger partial charge in [-0.1, -0.05) is 25.0 Å². The first kappa shape index (κ1) is 16.8. The van der Waals surface area contributed by atoms with Crippen LogP contribution in [0.4, 0.5) is 4.39 Å². The third-order valence-electron chi connectivity index (χ3n) is 6.45. The fourth-order valence-corrected chi connectivity index (χ4v) is 5.37. The number of rotatable bonds is 3. The van der Waals surface area contributed by atoms with Crippen LogP contribution in [0.1, 0.15) is 37.7 Å². The molecule has 1 spiro atoms. The minimum atomic E-state index is -0.191. The summed E-state index contributed by atoms with van der Waals surface area (Å²) in [5.74, 6) is 1.31. The van der Waals surface area contributed by atoms with Crippen molar-refractivity contribution in [1.29, 1.82) is 0 Å². The molecule has 1 heterocycles. The standard InChI is InChI=1S/C20H28FN3O/c1-22-19(24(2)13-14-6-5-7-15(21)12-14)23-17-16-8-11-25-18(16)20(17)9-3-4-10-20/h5-7,12,16-18H,3-4,8-11,13H2,1-2H3,(H,22,23). The van der Waals surface area contributed by atoms with E-state index in [2.05, 4.69) is 15.2 Å². The summed E-state index contributed by atoms with van der Waals surface area (Å²) in [5, 5.41) is 3.74. The van der Waals surface area contributed by atoms with Gasteiger partial charge in [0.2, 0.25) is 0 Å². The van der Waals surface area contributed by atoms with Gasteiger partial charge in [0.05, 0.1) is 6.10 Å². The van der Waals surface area contributed by atoms with Crippen LogP contribution in [0.15, 0.2) is 29.3 Å². The number of ether oxygens (including phenoxy) is 1. The monoisotopic (exact) mass is 345 g/mol. The van der Waals surface area contributed by atoms with Crippen molar-refractivity contribution >= 4 is 5.96 Å². The van der Waals surface area contributed by atoms with Crippen molar-refractivity contribution in [2.75, 3.05) is 20.7 Å². The van der Waals surface area contributed by atoms with Crippen molar-refractivity contribution in [1.82, 2.24) is 10.2 Å². The van der Waals surface area contributed by atoms with E-state index in [0.717, 1.165) is 24.6 Å². The predicted octanol–water partition coefficient (Wildman–Crippen LogP) is 3.18. The molecule has 0 radical (unpaired) electrons. The average Bonchev–Trinajstić information content (AvgIpc) is 3.24. The average molecular weight is 345 g/mol. The molecule has 4 rings (SSSR count). The zero-order chi connectivity index (χ0) is 17.4. The van der Waals surface area contributed by atoms with Crippen molar-refractivity contribution in [3.8, 4) is 0 Å². The summed E-state index contributed by atoms with van der Waals surface area (Å²) in [6.07, 6.45) is 6.73. The van der Waals surface area contributed by atoms with Gasteiger partial charge in [-0.05, 0) is 37.0 Å². The van der Waals surface area contributed by atoms with Crippen LogP contribution in [-0.4, -0.2) is 43.7 Å². The van der Waals surface area contributed by atoms with Crippen molar-refractivity contribution in [3.63, 3.8) is 0 Å². The molecule has 4 nitrogen and oxygen atoms in total. The van der Waals surface area contributed by atoms with Crippen LogP contribution in [0.5, 0.6) is 0 Å². The smallest absolute Gasteiger partial charge is 0.193 e. The van der Waals surface area contributed by atoms with Crippen LogP contribution in [0, 0.1) is 17.2 Å². The normalized spacial score (nSPS) is 30.2. The van der Waals surface area contributed by atoms with Gasteiger partial charge in [-0.25, -0.2) is 4.39 Å². The van der Waals surface area contributed by atoms with Gasteiger partial charge in [-0.15, -0.1) is 0 Å². The van der Waals surface area contributed by atoms with E-state index >= 15 is 0 Å². The molecular weight excluding hydrogens is 317 g/mol. The minimum Gasteiger partial charge on any atom is -0.377 e. The fourth-order valence-electron chi connectivity index (χ4n) is 5.37. The Morgan fingerprint density at radius 3 is 2.92 bits per heavy atom. The van der Waals surface area contributed by atoms with E-state index in [1.165, 1.54) is 31.7 Å². The Morgan fingerprint density at radius 1 is 1.40 bits per heavy atom. The molecule has 1 saturated heterocycles. The largest absolute Gasteiger partial charge is 0.377 e. The Balaban J connectivity index is 1.46. The maximum atomic E-state index is 13.4. The second-order valence-electron chi connectivity index (χ2n) is 7.84. The summed E-state index contributed by atoms with van der Waals surface area (Å²) in [4.78, 5) is 6.58. The highest BCUT2D eigenvalue weighted by atomic mass is 19.1. The lowest BCUT2D eigenvalue weighted by Crippen LogP contribution is -2.69. The molecule has 1 aliphatic heterocycles. The maximum Gasteiger partial charge on any atom is 0.193 e. The number of fused-ring (bicyclic) bond motifs is 2. The second-order valence-corrected chi connectivity index (χ2v) is 7.84. The van der Waals surface area contributed by atoms with Gasteiger partial charge in [0, 0.05) is 44.6 Å². The first-order chi connectivity index (χ1) is 12.1. The lowest BCUT2D eigenvalue weighted by atomic mass is 9.54. The molecule has 136 valence electrons. The lowest BCUT2D eigenvalue weighted by molar-refractivity contribution is -0.125. The molecule has 25 heavy (non-hydrogen) atoms. The van der Waals surface area contributed by atoms with Gasteiger partial charge in [0.1, 0.15) is 5.82 Å². The van der Waals surface area contributed by atoms with E-state index < -0.39 is 0 Å². The zero-order valence-corrected chi connectivity index (χ0v) is 15.2. The molecule has 1 N–H and O–H groups in total. The number of hydrogen-bond donors (Lipinski definition) is 1. The molecule has 3 atom stereocenters. The summed E-state index contributed by atoms with van der Waals surface area (Å²) in [6.45, 7) is 1.54. The highest BCUT2D eigenvalue weighted by Crippen LogP contribution is 2.60. The second kappa shape index (κ2) is 6.60. The van der Waals surface area contributed by atoms with Gasteiger partial charge < -0.3 is 15.0 Å². The summed E-state index contributed by atoms with van der Waals surface area (Å²) < 4.78 is 19.5. The Hall–Kier alpha value is -1.62. The van der Waals surface area contributed by atoms with Crippen LogP contribution in [0.3, 0.4) is 0 Å². The van der Waals surface area contributed by atoms with E-state index in [-0.39, 0.29) is 5.82 Å². The highest BCUT2D eigenvalue weighted by Gasteiger charge is 2.65. The fraction of sp³-hybridized carbons (Fsp3) is 0.650. The molecule has 2 aliphatic carbocycles. The number of hydrogen-bond acceptors (Lipinski definition) is 2. The third-order valence-corrected chi connectivity index (χ3v) is 6.45. The van der Waals surface area contributed by atoms with Crippen LogP contribution in [0.2, 0.25) is 0 Å². The summed E-state index contributed by atoms with van der Waals surface area (Å²) in [5.41, 5.74) is 1.26. The molecule has 5 heteroatoms. The van der Waals surface area contributed by atoms with E-state index in [9.17, 15) is 4.39 Å². The van der Waals surface area contributed by atoms with Crippen LogP contribution in [-0.2, 0) is 11.3 Å². The summed E-state index contributed by atoms with van der Waals surface area (Å²) in [6, 6.07) is 7.24. The molecule has 0 bridgehead atoms. The number of nitrogens with zero attached hydrogens (tertiary/aromatic N) is 2. The van der Waals surface area contributed by atoms with Gasteiger partial charge in [-0.2, -0.15) is 0 Å². The van der Waals surface area contributed by atoms with Crippen LogP contribution in [0.25, 0.3) is 0 Å². The number of halogens is 1. The Kier molecular flexibility index (Phi) is 4.44. The van der Waals surface area contributed by atoms with E-state index in [1.807, 2.05) is 20.2 Å². The molecule has 0 amide bonds. The molecule has 0 aromatic heterocycles. The first-order valence-electron chi connectivity index (χ1n) is 9.44.